The number of nitrogens with zero attached hydrogens (tertiary/aromatic N) is 1. The number of alkyl halides is 1. The molecule has 4 nitrogen and oxygen atoms in total. The van der Waals surface area contributed by atoms with Crippen molar-refractivity contribution < 1.29 is 13.6 Å². The van der Waals surface area contributed by atoms with E-state index in [0.717, 1.165) is 6.07 Å². The van der Waals surface area contributed by atoms with Crippen LogP contribution in [0.5, 0.6) is 0 Å². The molecule has 0 bridgehead atoms. The van der Waals surface area contributed by atoms with Gasteiger partial charge in [-0.25, -0.2) is 13.8 Å². The average molecular weight is 424 g/mol. The Morgan fingerprint density at radius 2 is 1.90 bits per heavy atom. The highest BCUT2D eigenvalue weighted by atomic mass is 127. The quantitative estimate of drug-likeness (QED) is 0.341. The fraction of sp³-hybridized carbons (Fsp3) is 0.0769. The van der Waals surface area contributed by atoms with Crippen LogP contribution >= 0.6 is 34.2 Å². The minimum absolute atomic E-state index is 0.137. The maximum atomic E-state index is 13.2. The Hall–Kier alpha value is -1.48. The molecule has 3 N–H and O–H groups in total. The van der Waals surface area contributed by atoms with E-state index >= 15 is 0 Å². The predicted molar refractivity (Wildman–Crippen MR) is 84.5 cm³/mol. The number of carbonyl (C=O) groups is 1. The lowest BCUT2D eigenvalue weighted by Crippen LogP contribution is -2.16. The summed E-state index contributed by atoms with van der Waals surface area (Å²) in [5.41, 5.74) is 6.09. The summed E-state index contributed by atoms with van der Waals surface area (Å²) in [6, 6.07) is 4.59. The molecule has 2 aromatic rings. The van der Waals surface area contributed by atoms with E-state index in [1.165, 1.54) is 24.4 Å². The van der Waals surface area contributed by atoms with E-state index in [9.17, 15) is 13.6 Å². The minimum atomic E-state index is -0.685. The third kappa shape index (κ3) is 4.01. The van der Waals surface area contributed by atoms with Gasteiger partial charge in [-0.1, -0.05) is 34.2 Å². The van der Waals surface area contributed by atoms with Crippen LogP contribution in [0.2, 0.25) is 5.15 Å². The van der Waals surface area contributed by atoms with Crippen molar-refractivity contribution >= 4 is 45.8 Å². The molecule has 1 heterocycles. The van der Waals surface area contributed by atoms with Crippen molar-refractivity contribution in [1.82, 2.24) is 4.98 Å². The number of benzene rings is 1. The summed E-state index contributed by atoms with van der Waals surface area (Å²) in [6.07, 6.45) is 1.24. The maximum absolute atomic E-state index is 13.2. The second-order valence-corrected chi connectivity index (χ2v) is 5.76. The molecule has 8 heteroatoms. The van der Waals surface area contributed by atoms with Crippen LogP contribution in [0.3, 0.4) is 0 Å². The summed E-state index contributed by atoms with van der Waals surface area (Å²) in [6.45, 7) is 0. The molecule has 21 heavy (non-hydrogen) atoms. The molecule has 0 aliphatic heterocycles. The van der Waals surface area contributed by atoms with Gasteiger partial charge in [0, 0.05) is 12.3 Å². The molecule has 1 atom stereocenters. The van der Waals surface area contributed by atoms with E-state index in [0.29, 0.717) is 11.3 Å². The fourth-order valence-corrected chi connectivity index (χ4v) is 2.54. The van der Waals surface area contributed by atoms with Crippen molar-refractivity contribution in [3.05, 3.63) is 58.4 Å². The molecule has 0 spiro atoms. The molecule has 1 aromatic heterocycles. The largest absolute Gasteiger partial charge is 0.369 e. The normalized spacial score (nSPS) is 12.0. The van der Waals surface area contributed by atoms with Gasteiger partial charge in [0.25, 0.3) is 5.91 Å². The summed E-state index contributed by atoms with van der Waals surface area (Å²) in [7, 11) is 0. The molecule has 0 radical (unpaired) electrons. The Balaban J connectivity index is 2.32. The molecule has 110 valence electrons. The summed E-state index contributed by atoms with van der Waals surface area (Å²) in [4.78, 5) is 15.1. The van der Waals surface area contributed by atoms with Crippen molar-refractivity contribution in [3.8, 4) is 0 Å². The van der Waals surface area contributed by atoms with Crippen LogP contribution in [0, 0.1) is 11.6 Å². The first-order chi connectivity index (χ1) is 9.86. The smallest absolute Gasteiger partial charge is 0.252 e. The van der Waals surface area contributed by atoms with Crippen LogP contribution in [-0.2, 0) is 0 Å². The number of carbonyl (C=O) groups excluding carboxylic acids is 1. The van der Waals surface area contributed by atoms with E-state index < -0.39 is 21.6 Å². The van der Waals surface area contributed by atoms with E-state index in [4.69, 9.17) is 17.3 Å². The average Bonchev–Trinajstić information content (AvgIpc) is 2.37. The molecule has 0 aliphatic carbocycles. The SMILES string of the molecule is NC(=O)c1cnc(Cl)cc1NC(I)c1cc(F)cc(F)c1. The van der Waals surface area contributed by atoms with Gasteiger partial charge in [0.2, 0.25) is 0 Å². The Bertz CT molecular complexity index is 679. The number of hydrogen-bond donors (Lipinski definition) is 2. The molecule has 1 aromatic carbocycles. The number of rotatable bonds is 4. The second-order valence-electron chi connectivity index (χ2n) is 4.13. The molecular formula is C13H9ClF2IN3O. The van der Waals surface area contributed by atoms with E-state index in [1.807, 2.05) is 22.6 Å². The van der Waals surface area contributed by atoms with Gasteiger partial charge < -0.3 is 11.1 Å². The topological polar surface area (TPSA) is 68.0 Å². The standard InChI is InChI=1S/C13H9ClF2IN3O/c14-11-4-10(9(5-19-11)13(18)21)20-12(17)6-1-7(15)3-8(16)2-6/h1-5,12H,(H2,18,21)(H,19,20). The van der Waals surface area contributed by atoms with Gasteiger partial charge in [0.05, 0.1) is 11.3 Å². The lowest BCUT2D eigenvalue weighted by atomic mass is 10.2. The van der Waals surface area contributed by atoms with Gasteiger partial charge >= 0.3 is 0 Å². The maximum Gasteiger partial charge on any atom is 0.252 e. The number of amides is 1. The first-order valence-electron chi connectivity index (χ1n) is 5.69. The van der Waals surface area contributed by atoms with Crippen molar-refractivity contribution in [2.45, 2.75) is 4.05 Å². The zero-order valence-corrected chi connectivity index (χ0v) is 13.3. The van der Waals surface area contributed by atoms with Gasteiger partial charge in [-0.15, -0.1) is 0 Å². The zero-order valence-electron chi connectivity index (χ0n) is 10.4. The Morgan fingerprint density at radius 3 is 2.48 bits per heavy atom. The molecule has 0 saturated heterocycles. The molecule has 2 rings (SSSR count). The number of pyridine rings is 1. The predicted octanol–water partition coefficient (Wildman–Crippen LogP) is 3.66. The summed E-state index contributed by atoms with van der Waals surface area (Å²) in [5, 5.41) is 3.09. The summed E-state index contributed by atoms with van der Waals surface area (Å²) in [5.74, 6) is -2.05. The highest BCUT2D eigenvalue weighted by molar-refractivity contribution is 14.1. The lowest BCUT2D eigenvalue weighted by molar-refractivity contribution is 0.100. The number of nitrogens with one attached hydrogen (secondary N) is 1. The van der Waals surface area contributed by atoms with Crippen molar-refractivity contribution in [2.24, 2.45) is 5.73 Å². The molecule has 1 amide bonds. The van der Waals surface area contributed by atoms with Crippen LogP contribution in [0.4, 0.5) is 14.5 Å². The van der Waals surface area contributed by atoms with Gasteiger partial charge in [-0.3, -0.25) is 4.79 Å². The monoisotopic (exact) mass is 423 g/mol. The van der Waals surface area contributed by atoms with Crippen molar-refractivity contribution in [1.29, 1.82) is 0 Å². The number of halogens is 4. The summed E-state index contributed by atoms with van der Waals surface area (Å²) < 4.78 is 25.9. The third-order valence-electron chi connectivity index (χ3n) is 2.60. The molecule has 0 saturated carbocycles. The van der Waals surface area contributed by atoms with Gasteiger partial charge in [-0.2, -0.15) is 0 Å². The zero-order chi connectivity index (χ0) is 15.6. The van der Waals surface area contributed by atoms with Crippen LogP contribution in [-0.4, -0.2) is 10.9 Å². The van der Waals surface area contributed by atoms with Crippen LogP contribution in [0.25, 0.3) is 0 Å². The number of anilines is 1. The third-order valence-corrected chi connectivity index (χ3v) is 3.83. The van der Waals surface area contributed by atoms with Crippen LogP contribution in [0.15, 0.2) is 30.5 Å². The highest BCUT2D eigenvalue weighted by Crippen LogP contribution is 2.29. The van der Waals surface area contributed by atoms with Gasteiger partial charge in [0.1, 0.15) is 20.8 Å². The Labute approximate surface area is 137 Å². The van der Waals surface area contributed by atoms with Gasteiger partial charge in [0.15, 0.2) is 0 Å². The lowest BCUT2D eigenvalue weighted by Gasteiger charge is -2.16. The van der Waals surface area contributed by atoms with E-state index in [-0.39, 0.29) is 10.7 Å². The number of primary amides is 1. The van der Waals surface area contributed by atoms with Crippen LogP contribution in [0.1, 0.15) is 20.0 Å². The first-order valence-corrected chi connectivity index (χ1v) is 7.31. The number of nitrogens with two attached hydrogens (primary N) is 1. The minimum Gasteiger partial charge on any atom is -0.369 e. The van der Waals surface area contributed by atoms with E-state index in [2.05, 4.69) is 10.3 Å². The van der Waals surface area contributed by atoms with Gasteiger partial charge in [-0.05, 0) is 23.8 Å². The fourth-order valence-electron chi connectivity index (χ4n) is 1.69. The van der Waals surface area contributed by atoms with Crippen molar-refractivity contribution in [2.75, 3.05) is 5.32 Å². The molecule has 1 unspecified atom stereocenters. The summed E-state index contributed by atoms with van der Waals surface area (Å²) >= 11 is 7.71. The molecule has 0 fully saturated rings. The Kier molecular flexibility index (Phi) is 4.94. The first kappa shape index (κ1) is 15.9. The van der Waals surface area contributed by atoms with Crippen molar-refractivity contribution in [3.63, 3.8) is 0 Å². The van der Waals surface area contributed by atoms with Crippen LogP contribution < -0.4 is 11.1 Å². The van der Waals surface area contributed by atoms with E-state index in [1.54, 1.807) is 0 Å². The highest BCUT2D eigenvalue weighted by Gasteiger charge is 2.15. The second kappa shape index (κ2) is 6.52. The molecule has 0 aliphatic rings. The Morgan fingerprint density at radius 1 is 1.29 bits per heavy atom. The molecular weight excluding hydrogens is 415 g/mol. The number of aromatic nitrogens is 1. The number of hydrogen-bond acceptors (Lipinski definition) is 3.